The van der Waals surface area contributed by atoms with Crippen LogP contribution in [0.5, 0.6) is 0 Å². The summed E-state index contributed by atoms with van der Waals surface area (Å²) in [5, 5.41) is 8.97. The van der Waals surface area contributed by atoms with Crippen molar-refractivity contribution in [1.29, 1.82) is 0 Å². The van der Waals surface area contributed by atoms with Crippen molar-refractivity contribution in [2.45, 2.75) is 12.2 Å². The summed E-state index contributed by atoms with van der Waals surface area (Å²) in [7, 11) is 0. The van der Waals surface area contributed by atoms with Gasteiger partial charge in [-0.05, 0) is 0 Å². The number of aliphatic hydroxyl groups is 1. The summed E-state index contributed by atoms with van der Waals surface area (Å²) < 4.78 is 5.15. The summed E-state index contributed by atoms with van der Waals surface area (Å²) in [6.07, 6.45) is 0. The second kappa shape index (κ2) is 8.33. The van der Waals surface area contributed by atoms with Gasteiger partial charge in [0.15, 0.2) is 0 Å². The van der Waals surface area contributed by atoms with Crippen LogP contribution < -0.4 is 5.73 Å². The second-order valence-corrected chi connectivity index (χ2v) is 3.81. The van der Waals surface area contributed by atoms with E-state index in [-0.39, 0.29) is 6.61 Å². The third-order valence-corrected chi connectivity index (χ3v) is 2.27. The molecule has 3 nitrogen and oxygen atoms in total. The molecular formula is C7H17NO2S. The number of hydrogen-bond donors (Lipinski definition) is 2. The molecule has 0 bridgehead atoms. The van der Waals surface area contributed by atoms with Crippen LogP contribution >= 0.6 is 11.8 Å². The normalized spacial score (nSPS) is 13.4. The van der Waals surface area contributed by atoms with Crippen LogP contribution in [0.15, 0.2) is 0 Å². The van der Waals surface area contributed by atoms with Gasteiger partial charge in [0.25, 0.3) is 0 Å². The molecule has 68 valence electrons. The summed E-state index contributed by atoms with van der Waals surface area (Å²) in [4.78, 5) is 0. The Balaban J connectivity index is 2.89. The molecule has 4 heteroatoms. The topological polar surface area (TPSA) is 55.5 Å². The molecule has 0 aliphatic carbocycles. The molecule has 0 amide bonds. The van der Waals surface area contributed by atoms with E-state index in [4.69, 9.17) is 15.6 Å². The molecule has 0 aromatic rings. The van der Waals surface area contributed by atoms with Gasteiger partial charge < -0.3 is 15.6 Å². The van der Waals surface area contributed by atoms with Crippen LogP contribution in [0, 0.1) is 0 Å². The molecule has 0 rings (SSSR count). The molecule has 3 N–H and O–H groups in total. The van der Waals surface area contributed by atoms with Gasteiger partial charge in [-0.2, -0.15) is 11.8 Å². The van der Waals surface area contributed by atoms with Crippen molar-refractivity contribution in [2.75, 3.05) is 32.1 Å². The van der Waals surface area contributed by atoms with E-state index in [9.17, 15) is 0 Å². The Morgan fingerprint density at radius 1 is 1.55 bits per heavy atom. The maximum absolute atomic E-state index is 8.66. The van der Waals surface area contributed by atoms with E-state index in [1.165, 1.54) is 0 Å². The Morgan fingerprint density at radius 3 is 2.82 bits per heavy atom. The maximum atomic E-state index is 8.66. The van der Waals surface area contributed by atoms with Gasteiger partial charge in [-0.3, -0.25) is 0 Å². The van der Waals surface area contributed by atoms with E-state index < -0.39 is 0 Å². The monoisotopic (exact) mass is 179 g/mol. The Bertz CT molecular complexity index is 82.8. The molecule has 1 atom stereocenters. The standard InChI is InChI=1S/C7H17NO2S/c1-7(6-9)11-5-4-10-3-2-8/h7,9H,2-6,8H2,1H3. The van der Waals surface area contributed by atoms with Crippen molar-refractivity contribution >= 4 is 11.8 Å². The largest absolute Gasteiger partial charge is 0.395 e. The van der Waals surface area contributed by atoms with Crippen molar-refractivity contribution in [2.24, 2.45) is 5.73 Å². The summed E-state index contributed by atoms with van der Waals surface area (Å²) in [6.45, 7) is 4.18. The molecule has 0 saturated heterocycles. The van der Waals surface area contributed by atoms with Crippen LogP contribution in [0.1, 0.15) is 6.92 Å². The van der Waals surface area contributed by atoms with Gasteiger partial charge in [0.2, 0.25) is 0 Å². The quantitative estimate of drug-likeness (QED) is 0.543. The van der Waals surface area contributed by atoms with E-state index in [0.717, 1.165) is 12.4 Å². The Labute approximate surface area is 72.3 Å². The van der Waals surface area contributed by atoms with Gasteiger partial charge in [-0.25, -0.2) is 0 Å². The first kappa shape index (κ1) is 11.2. The predicted molar refractivity (Wildman–Crippen MR) is 48.9 cm³/mol. The lowest BCUT2D eigenvalue weighted by Gasteiger charge is -2.06. The first-order valence-electron chi connectivity index (χ1n) is 3.81. The first-order valence-corrected chi connectivity index (χ1v) is 4.86. The van der Waals surface area contributed by atoms with E-state index in [0.29, 0.717) is 18.4 Å². The minimum atomic E-state index is 0.238. The fourth-order valence-electron chi connectivity index (χ4n) is 0.546. The average Bonchev–Trinajstić information content (AvgIpc) is 2.04. The molecule has 0 saturated carbocycles. The van der Waals surface area contributed by atoms with E-state index in [1.54, 1.807) is 11.8 Å². The number of rotatable bonds is 7. The number of thioether (sulfide) groups is 1. The van der Waals surface area contributed by atoms with Gasteiger partial charge in [-0.15, -0.1) is 0 Å². The predicted octanol–water partition coefficient (Wildman–Crippen LogP) is 0.0757. The molecule has 0 spiro atoms. The third kappa shape index (κ3) is 8.13. The van der Waals surface area contributed by atoms with Crippen LogP contribution in [0.25, 0.3) is 0 Å². The smallest absolute Gasteiger partial charge is 0.0589 e. The number of aliphatic hydroxyl groups excluding tert-OH is 1. The molecule has 0 aliphatic heterocycles. The van der Waals surface area contributed by atoms with Gasteiger partial charge in [0, 0.05) is 17.5 Å². The summed E-state index contributed by atoms with van der Waals surface area (Å²) in [5.74, 6) is 0.932. The van der Waals surface area contributed by atoms with Crippen LogP contribution in [0.2, 0.25) is 0 Å². The number of ether oxygens (including phenoxy) is 1. The zero-order valence-electron chi connectivity index (χ0n) is 6.95. The molecule has 1 unspecified atom stereocenters. The minimum Gasteiger partial charge on any atom is -0.395 e. The molecule has 0 heterocycles. The first-order chi connectivity index (χ1) is 5.31. The van der Waals surface area contributed by atoms with Crippen molar-refractivity contribution in [3.05, 3.63) is 0 Å². The lowest BCUT2D eigenvalue weighted by atomic mass is 10.5. The van der Waals surface area contributed by atoms with Crippen molar-refractivity contribution in [1.82, 2.24) is 0 Å². The highest BCUT2D eigenvalue weighted by Crippen LogP contribution is 2.08. The number of hydrogen-bond acceptors (Lipinski definition) is 4. The number of nitrogens with two attached hydrogens (primary N) is 1. The van der Waals surface area contributed by atoms with Crippen LogP contribution in [-0.4, -0.2) is 42.5 Å². The molecular weight excluding hydrogens is 162 g/mol. The SMILES string of the molecule is CC(CO)SCCOCCN. The Kier molecular flexibility index (Phi) is 8.50. The lowest BCUT2D eigenvalue weighted by molar-refractivity contribution is 0.158. The van der Waals surface area contributed by atoms with Gasteiger partial charge >= 0.3 is 0 Å². The second-order valence-electron chi connectivity index (χ2n) is 2.27. The highest BCUT2D eigenvalue weighted by atomic mass is 32.2. The van der Waals surface area contributed by atoms with Crippen molar-refractivity contribution in [3.63, 3.8) is 0 Å². The fourth-order valence-corrected chi connectivity index (χ4v) is 1.27. The van der Waals surface area contributed by atoms with Crippen LogP contribution in [0.3, 0.4) is 0 Å². The molecule has 0 radical (unpaired) electrons. The molecule has 0 aromatic carbocycles. The van der Waals surface area contributed by atoms with Crippen molar-refractivity contribution in [3.8, 4) is 0 Å². The molecule has 0 aliphatic rings. The van der Waals surface area contributed by atoms with Crippen LogP contribution in [-0.2, 0) is 4.74 Å². The van der Waals surface area contributed by atoms with Gasteiger partial charge in [-0.1, -0.05) is 6.92 Å². The van der Waals surface area contributed by atoms with Gasteiger partial charge in [0.1, 0.15) is 0 Å². The average molecular weight is 179 g/mol. The van der Waals surface area contributed by atoms with E-state index >= 15 is 0 Å². The highest BCUT2D eigenvalue weighted by Gasteiger charge is 1.98. The molecule has 11 heavy (non-hydrogen) atoms. The van der Waals surface area contributed by atoms with Crippen LogP contribution in [0.4, 0.5) is 0 Å². The fraction of sp³-hybridized carbons (Fsp3) is 1.00. The van der Waals surface area contributed by atoms with E-state index in [1.807, 2.05) is 6.92 Å². The minimum absolute atomic E-state index is 0.238. The van der Waals surface area contributed by atoms with E-state index in [2.05, 4.69) is 0 Å². The Hall–Kier alpha value is 0.230. The highest BCUT2D eigenvalue weighted by molar-refractivity contribution is 7.99. The molecule has 0 fully saturated rings. The summed E-state index contributed by atoms with van der Waals surface area (Å²) >= 11 is 1.71. The third-order valence-electron chi connectivity index (χ3n) is 1.15. The Morgan fingerprint density at radius 2 is 2.27 bits per heavy atom. The van der Waals surface area contributed by atoms with Crippen molar-refractivity contribution < 1.29 is 9.84 Å². The summed E-state index contributed by atoms with van der Waals surface area (Å²) in [5.41, 5.74) is 5.22. The zero-order chi connectivity index (χ0) is 8.53. The summed E-state index contributed by atoms with van der Waals surface area (Å²) in [6, 6.07) is 0. The zero-order valence-corrected chi connectivity index (χ0v) is 7.77. The van der Waals surface area contributed by atoms with Gasteiger partial charge in [0.05, 0.1) is 19.8 Å². The molecule has 0 aromatic heterocycles. The lowest BCUT2D eigenvalue weighted by Crippen LogP contribution is -2.11. The maximum Gasteiger partial charge on any atom is 0.0589 e.